The van der Waals surface area contributed by atoms with Crippen molar-refractivity contribution in [1.29, 1.82) is 0 Å². The highest BCUT2D eigenvalue weighted by Gasteiger charge is 2.08. The maximum Gasteiger partial charge on any atom is 0.234 e. The van der Waals surface area contributed by atoms with Crippen molar-refractivity contribution in [1.82, 2.24) is 10.2 Å². The first kappa shape index (κ1) is 18.1. The van der Waals surface area contributed by atoms with E-state index >= 15 is 0 Å². The minimum absolute atomic E-state index is 0.0513. The molecule has 26 heavy (non-hydrogen) atoms. The average molecular weight is 363 g/mol. The van der Waals surface area contributed by atoms with Gasteiger partial charge in [-0.1, -0.05) is 53.7 Å². The molecule has 0 saturated heterocycles. The average Bonchev–Trinajstić information content (AvgIpc) is 2.63. The van der Waals surface area contributed by atoms with Gasteiger partial charge in [0.2, 0.25) is 5.91 Å². The van der Waals surface area contributed by atoms with Gasteiger partial charge >= 0.3 is 0 Å². The van der Waals surface area contributed by atoms with E-state index in [0.717, 1.165) is 27.5 Å². The highest BCUT2D eigenvalue weighted by atomic mass is 32.2. The number of aromatic nitrogens is 2. The van der Waals surface area contributed by atoms with E-state index < -0.39 is 0 Å². The van der Waals surface area contributed by atoms with Gasteiger partial charge in [0.1, 0.15) is 5.03 Å². The van der Waals surface area contributed by atoms with E-state index in [1.807, 2.05) is 43.3 Å². The third kappa shape index (κ3) is 4.49. The summed E-state index contributed by atoms with van der Waals surface area (Å²) in [5.41, 5.74) is 6.22. The Morgan fingerprint density at radius 2 is 1.77 bits per heavy atom. The van der Waals surface area contributed by atoms with Gasteiger partial charge in [0.25, 0.3) is 0 Å². The normalized spacial score (nSPS) is 10.6. The van der Waals surface area contributed by atoms with Crippen LogP contribution >= 0.6 is 11.8 Å². The number of benzene rings is 2. The Kier molecular flexibility index (Phi) is 5.68. The van der Waals surface area contributed by atoms with Gasteiger partial charge in [0, 0.05) is 11.3 Å². The molecule has 0 aliphatic carbocycles. The van der Waals surface area contributed by atoms with E-state index in [2.05, 4.69) is 47.6 Å². The fourth-order valence-corrected chi connectivity index (χ4v) is 3.29. The van der Waals surface area contributed by atoms with Gasteiger partial charge in [-0.25, -0.2) is 0 Å². The van der Waals surface area contributed by atoms with Crippen LogP contribution in [0.15, 0.2) is 59.6 Å². The zero-order chi connectivity index (χ0) is 18.5. The second-order valence-corrected chi connectivity index (χ2v) is 7.22. The largest absolute Gasteiger partial charge is 0.325 e. The topological polar surface area (TPSA) is 54.9 Å². The second kappa shape index (κ2) is 8.15. The summed E-state index contributed by atoms with van der Waals surface area (Å²) in [6.07, 6.45) is 0. The van der Waals surface area contributed by atoms with Crippen LogP contribution < -0.4 is 5.32 Å². The highest BCUT2D eigenvalue weighted by Crippen LogP contribution is 2.24. The van der Waals surface area contributed by atoms with Crippen molar-refractivity contribution in [3.63, 3.8) is 0 Å². The lowest BCUT2D eigenvalue weighted by atomic mass is 10.0. The molecule has 1 aromatic heterocycles. The zero-order valence-corrected chi connectivity index (χ0v) is 15.9. The number of carbonyl (C=O) groups is 1. The lowest BCUT2D eigenvalue weighted by molar-refractivity contribution is -0.113. The van der Waals surface area contributed by atoms with Crippen molar-refractivity contribution in [2.45, 2.75) is 25.8 Å². The number of carbonyl (C=O) groups excluding carboxylic acids is 1. The molecule has 4 nitrogen and oxygen atoms in total. The first-order chi connectivity index (χ1) is 12.5. The van der Waals surface area contributed by atoms with Gasteiger partial charge < -0.3 is 5.32 Å². The van der Waals surface area contributed by atoms with Crippen LogP contribution in [-0.4, -0.2) is 21.9 Å². The number of nitrogens with zero attached hydrogens (tertiary/aromatic N) is 2. The lowest BCUT2D eigenvalue weighted by Gasteiger charge is -2.08. The van der Waals surface area contributed by atoms with E-state index in [0.29, 0.717) is 5.75 Å². The molecule has 3 aromatic rings. The molecule has 0 saturated carbocycles. The molecule has 0 unspecified atom stereocenters. The summed E-state index contributed by atoms with van der Waals surface area (Å²) in [5.74, 6) is 0.246. The minimum atomic E-state index is -0.0513. The van der Waals surface area contributed by atoms with Crippen LogP contribution in [0.5, 0.6) is 0 Å². The molecular weight excluding hydrogens is 342 g/mol. The molecule has 0 aliphatic rings. The number of amides is 1. The Morgan fingerprint density at radius 3 is 2.46 bits per heavy atom. The minimum Gasteiger partial charge on any atom is -0.325 e. The molecule has 0 bridgehead atoms. The van der Waals surface area contributed by atoms with Crippen LogP contribution in [0.1, 0.15) is 16.7 Å². The number of para-hydroxylation sites is 1. The van der Waals surface area contributed by atoms with E-state index in [1.54, 1.807) is 0 Å². The molecule has 0 fully saturated rings. The monoisotopic (exact) mass is 363 g/mol. The lowest BCUT2D eigenvalue weighted by Crippen LogP contribution is -2.14. The van der Waals surface area contributed by atoms with Gasteiger partial charge in [0.15, 0.2) is 0 Å². The fraction of sp³-hybridized carbons (Fsp3) is 0.190. The molecule has 0 aliphatic heterocycles. The molecule has 5 heteroatoms. The number of hydrogen-bond acceptors (Lipinski definition) is 4. The number of hydrogen-bond donors (Lipinski definition) is 1. The maximum atomic E-state index is 12.1. The number of anilines is 1. The van der Waals surface area contributed by atoms with Crippen LogP contribution in [0.3, 0.4) is 0 Å². The number of rotatable bonds is 5. The Labute approximate surface area is 158 Å². The van der Waals surface area contributed by atoms with Gasteiger partial charge in [-0.3, -0.25) is 4.79 Å². The molecule has 3 rings (SSSR count). The maximum absolute atomic E-state index is 12.1. The van der Waals surface area contributed by atoms with E-state index in [-0.39, 0.29) is 5.91 Å². The summed E-state index contributed by atoms with van der Waals surface area (Å²) >= 11 is 1.38. The third-order valence-electron chi connectivity index (χ3n) is 4.07. The Balaban J connectivity index is 1.61. The molecule has 132 valence electrons. The first-order valence-corrected chi connectivity index (χ1v) is 9.41. The van der Waals surface area contributed by atoms with Crippen molar-refractivity contribution in [2.75, 3.05) is 11.1 Å². The third-order valence-corrected chi connectivity index (χ3v) is 4.99. The second-order valence-electron chi connectivity index (χ2n) is 6.23. The van der Waals surface area contributed by atoms with Crippen molar-refractivity contribution >= 4 is 23.4 Å². The summed E-state index contributed by atoms with van der Waals surface area (Å²) in [6, 6.07) is 17.9. The van der Waals surface area contributed by atoms with Gasteiger partial charge in [-0.05, 0) is 50.1 Å². The summed E-state index contributed by atoms with van der Waals surface area (Å²) in [6.45, 7) is 6.12. The fourth-order valence-electron chi connectivity index (χ4n) is 2.68. The standard InChI is InChI=1S/C21H21N3OS/c1-14-8-9-17(16(3)12-14)19-10-11-21(24-23-19)26-13-20(25)22-18-7-5-4-6-15(18)2/h4-12H,13H2,1-3H3,(H,22,25). The van der Waals surface area contributed by atoms with Gasteiger partial charge in [-0.2, -0.15) is 0 Å². The summed E-state index contributed by atoms with van der Waals surface area (Å²) < 4.78 is 0. The van der Waals surface area contributed by atoms with Crippen molar-refractivity contribution in [3.05, 3.63) is 71.3 Å². The molecular formula is C21H21N3OS. The summed E-state index contributed by atoms with van der Waals surface area (Å²) in [7, 11) is 0. The molecule has 1 amide bonds. The van der Waals surface area contributed by atoms with Gasteiger partial charge in [0.05, 0.1) is 11.4 Å². The summed E-state index contributed by atoms with van der Waals surface area (Å²) in [4.78, 5) is 12.1. The highest BCUT2D eigenvalue weighted by molar-refractivity contribution is 7.99. The van der Waals surface area contributed by atoms with Crippen LogP contribution in [0.2, 0.25) is 0 Å². The Bertz CT molecular complexity index is 923. The molecule has 0 atom stereocenters. The predicted octanol–water partition coefficient (Wildman–Crippen LogP) is 4.80. The van der Waals surface area contributed by atoms with Crippen LogP contribution in [0.4, 0.5) is 5.69 Å². The van der Waals surface area contributed by atoms with Crippen molar-refractivity contribution in [3.8, 4) is 11.3 Å². The number of thioether (sulfide) groups is 1. The Hall–Kier alpha value is -2.66. The van der Waals surface area contributed by atoms with Crippen LogP contribution in [0.25, 0.3) is 11.3 Å². The number of nitrogens with one attached hydrogen (secondary N) is 1. The zero-order valence-electron chi connectivity index (χ0n) is 15.1. The van der Waals surface area contributed by atoms with Gasteiger partial charge in [-0.15, -0.1) is 10.2 Å². The van der Waals surface area contributed by atoms with Crippen molar-refractivity contribution < 1.29 is 4.79 Å². The molecule has 1 N–H and O–H groups in total. The molecule has 1 heterocycles. The van der Waals surface area contributed by atoms with E-state index in [9.17, 15) is 4.79 Å². The SMILES string of the molecule is Cc1ccc(-c2ccc(SCC(=O)Nc3ccccc3C)nn2)c(C)c1. The molecule has 2 aromatic carbocycles. The molecule has 0 radical (unpaired) electrons. The quantitative estimate of drug-likeness (QED) is 0.662. The molecule has 0 spiro atoms. The first-order valence-electron chi connectivity index (χ1n) is 8.42. The Morgan fingerprint density at radius 1 is 0.962 bits per heavy atom. The number of aryl methyl sites for hydroxylation is 3. The van der Waals surface area contributed by atoms with E-state index in [1.165, 1.54) is 22.9 Å². The van der Waals surface area contributed by atoms with Crippen LogP contribution in [-0.2, 0) is 4.79 Å². The predicted molar refractivity (Wildman–Crippen MR) is 107 cm³/mol. The smallest absolute Gasteiger partial charge is 0.234 e. The summed E-state index contributed by atoms with van der Waals surface area (Å²) in [5, 5.41) is 12.2. The van der Waals surface area contributed by atoms with E-state index in [4.69, 9.17) is 0 Å². The van der Waals surface area contributed by atoms with Crippen LogP contribution in [0, 0.1) is 20.8 Å². The van der Waals surface area contributed by atoms with Crippen molar-refractivity contribution in [2.24, 2.45) is 0 Å².